The highest BCUT2D eigenvalue weighted by Crippen LogP contribution is 2.19. The van der Waals surface area contributed by atoms with Crippen LogP contribution in [0.3, 0.4) is 0 Å². The van der Waals surface area contributed by atoms with E-state index in [9.17, 15) is 4.79 Å². The van der Waals surface area contributed by atoms with Gasteiger partial charge in [-0.2, -0.15) is 14.9 Å². The number of nitrogens with zero attached hydrogens (tertiary/aromatic N) is 5. The van der Waals surface area contributed by atoms with Crippen LogP contribution in [0.5, 0.6) is 0 Å². The minimum Gasteiger partial charge on any atom is -0.387 e. The average Bonchev–Trinajstić information content (AvgIpc) is 3.38. The third-order valence-electron chi connectivity index (χ3n) is 5.45. The molecule has 0 saturated heterocycles. The molecule has 2 heterocycles. The quantitative estimate of drug-likeness (QED) is 0.282. The molecule has 8 heteroatoms. The van der Waals surface area contributed by atoms with Crippen molar-refractivity contribution in [3.63, 3.8) is 0 Å². The van der Waals surface area contributed by atoms with Crippen molar-refractivity contribution < 1.29 is 4.84 Å². The van der Waals surface area contributed by atoms with Gasteiger partial charge in [0.1, 0.15) is 0 Å². The lowest BCUT2D eigenvalue weighted by Crippen LogP contribution is -2.22. The Labute approximate surface area is 201 Å². The van der Waals surface area contributed by atoms with Gasteiger partial charge in [-0.25, -0.2) is 4.98 Å². The molecule has 0 atom stereocenters. The van der Waals surface area contributed by atoms with Crippen molar-refractivity contribution in [3.05, 3.63) is 118 Å². The van der Waals surface area contributed by atoms with Crippen molar-refractivity contribution >= 4 is 22.8 Å². The van der Waals surface area contributed by atoms with Crippen LogP contribution in [-0.2, 0) is 11.4 Å². The maximum atomic E-state index is 13.3. The van der Waals surface area contributed by atoms with Crippen molar-refractivity contribution in [1.82, 2.24) is 19.9 Å². The number of hydrogen-bond acceptors (Lipinski definition) is 6. The zero-order valence-electron chi connectivity index (χ0n) is 19.0. The van der Waals surface area contributed by atoms with Gasteiger partial charge in [0.05, 0.1) is 34.7 Å². The van der Waals surface area contributed by atoms with E-state index in [1.807, 2.05) is 73.7 Å². The zero-order chi connectivity index (χ0) is 24.0. The summed E-state index contributed by atoms with van der Waals surface area (Å²) < 4.78 is 1.25. The number of aromatic amines is 1. The number of nitrogens with one attached hydrogen (secondary N) is 1. The molecule has 3 aromatic carbocycles. The molecule has 0 fully saturated rings. The number of hydrogen-bond donors (Lipinski definition) is 1. The summed E-state index contributed by atoms with van der Waals surface area (Å²) in [5.74, 6) is 0.333. The van der Waals surface area contributed by atoms with E-state index >= 15 is 0 Å². The van der Waals surface area contributed by atoms with E-state index in [1.54, 1.807) is 30.6 Å². The number of para-hydroxylation sites is 1. The molecule has 5 aromatic rings. The number of aromatic nitrogens is 4. The zero-order valence-corrected chi connectivity index (χ0v) is 19.0. The largest absolute Gasteiger partial charge is 0.387 e. The fourth-order valence-electron chi connectivity index (χ4n) is 3.65. The second kappa shape index (κ2) is 9.96. The Hall–Kier alpha value is -4.85. The number of H-pyrrole nitrogens is 1. The van der Waals surface area contributed by atoms with Gasteiger partial charge in [-0.05, 0) is 24.6 Å². The van der Waals surface area contributed by atoms with Crippen LogP contribution in [0, 0.1) is 0 Å². The van der Waals surface area contributed by atoms with Gasteiger partial charge >= 0.3 is 0 Å². The standard InChI is InChI=1S/C27H22N6O2/c1-19(20-10-4-2-5-11-20)32-35-18-25-30-24-15-9-8-14-23(24)27(34)33(25)29-17-22-16-28-31-26(22)21-12-6-3-7-13-21/h2-17H,18H2,1H3,(H,28,31)/b29-17+,32-19?. The first-order chi connectivity index (χ1) is 17.2. The molecule has 0 aliphatic rings. The first kappa shape index (κ1) is 22.0. The van der Waals surface area contributed by atoms with Crippen molar-refractivity contribution in [2.75, 3.05) is 0 Å². The van der Waals surface area contributed by atoms with Crippen LogP contribution in [0.15, 0.2) is 106 Å². The van der Waals surface area contributed by atoms with Gasteiger partial charge in [0.2, 0.25) is 0 Å². The third kappa shape index (κ3) is 4.77. The molecular weight excluding hydrogens is 440 g/mol. The molecule has 0 spiro atoms. The number of oxime groups is 1. The summed E-state index contributed by atoms with van der Waals surface area (Å²) in [5.41, 5.74) is 4.44. The Morgan fingerprint density at radius 1 is 1.00 bits per heavy atom. The summed E-state index contributed by atoms with van der Waals surface area (Å²) in [6, 6.07) is 26.6. The fourth-order valence-corrected chi connectivity index (χ4v) is 3.65. The van der Waals surface area contributed by atoms with E-state index in [0.29, 0.717) is 16.7 Å². The van der Waals surface area contributed by atoms with E-state index in [0.717, 1.165) is 28.1 Å². The van der Waals surface area contributed by atoms with Gasteiger partial charge < -0.3 is 4.84 Å². The summed E-state index contributed by atoms with van der Waals surface area (Å²) in [5, 5.41) is 16.3. The molecule has 35 heavy (non-hydrogen) atoms. The third-order valence-corrected chi connectivity index (χ3v) is 5.45. The monoisotopic (exact) mass is 462 g/mol. The van der Waals surface area contributed by atoms with Gasteiger partial charge in [-0.1, -0.05) is 78.0 Å². The summed E-state index contributed by atoms with van der Waals surface area (Å²) in [6.45, 7) is 1.83. The molecule has 172 valence electrons. The van der Waals surface area contributed by atoms with Crippen LogP contribution in [0.4, 0.5) is 0 Å². The van der Waals surface area contributed by atoms with E-state index in [1.165, 1.54) is 4.68 Å². The minimum absolute atomic E-state index is 0.0292. The van der Waals surface area contributed by atoms with E-state index < -0.39 is 0 Å². The molecular formula is C27H22N6O2. The van der Waals surface area contributed by atoms with Crippen molar-refractivity contribution in [2.24, 2.45) is 10.3 Å². The van der Waals surface area contributed by atoms with Crippen LogP contribution in [0.1, 0.15) is 23.9 Å². The number of benzene rings is 3. The second-order valence-electron chi connectivity index (χ2n) is 7.79. The Kier molecular flexibility index (Phi) is 6.25. The van der Waals surface area contributed by atoms with Gasteiger partial charge in [0.25, 0.3) is 5.56 Å². The van der Waals surface area contributed by atoms with Crippen molar-refractivity contribution in [1.29, 1.82) is 0 Å². The Bertz CT molecular complexity index is 1570. The Morgan fingerprint density at radius 2 is 1.71 bits per heavy atom. The predicted molar refractivity (Wildman–Crippen MR) is 136 cm³/mol. The number of rotatable bonds is 7. The highest BCUT2D eigenvalue weighted by molar-refractivity contribution is 5.98. The molecule has 1 N–H and O–H groups in total. The van der Waals surface area contributed by atoms with Gasteiger partial charge in [0.15, 0.2) is 12.4 Å². The van der Waals surface area contributed by atoms with Gasteiger partial charge in [-0.3, -0.25) is 9.89 Å². The normalized spacial score (nSPS) is 11.9. The van der Waals surface area contributed by atoms with E-state index in [4.69, 9.17) is 4.84 Å². The first-order valence-electron chi connectivity index (χ1n) is 11.1. The predicted octanol–water partition coefficient (Wildman–Crippen LogP) is 4.61. The summed E-state index contributed by atoms with van der Waals surface area (Å²) in [7, 11) is 0. The minimum atomic E-state index is -0.293. The van der Waals surface area contributed by atoms with Crippen LogP contribution in [0.2, 0.25) is 0 Å². The molecule has 5 rings (SSSR count). The van der Waals surface area contributed by atoms with Crippen LogP contribution in [0.25, 0.3) is 22.2 Å². The lowest BCUT2D eigenvalue weighted by Gasteiger charge is -2.09. The molecule has 0 amide bonds. The van der Waals surface area contributed by atoms with E-state index in [2.05, 4.69) is 25.4 Å². The summed E-state index contributed by atoms with van der Waals surface area (Å²) in [4.78, 5) is 23.5. The average molecular weight is 463 g/mol. The Balaban J connectivity index is 1.49. The van der Waals surface area contributed by atoms with E-state index in [-0.39, 0.29) is 12.2 Å². The lowest BCUT2D eigenvalue weighted by molar-refractivity contribution is 0.122. The lowest BCUT2D eigenvalue weighted by atomic mass is 10.1. The Morgan fingerprint density at radius 3 is 2.51 bits per heavy atom. The van der Waals surface area contributed by atoms with Gasteiger partial charge in [-0.15, -0.1) is 0 Å². The second-order valence-corrected chi connectivity index (χ2v) is 7.79. The number of fused-ring (bicyclic) bond motifs is 1. The maximum absolute atomic E-state index is 13.3. The van der Waals surface area contributed by atoms with Gasteiger partial charge in [0, 0.05) is 11.1 Å². The van der Waals surface area contributed by atoms with Crippen LogP contribution in [-0.4, -0.2) is 31.8 Å². The first-order valence-corrected chi connectivity index (χ1v) is 11.1. The topological polar surface area (TPSA) is 97.5 Å². The molecule has 8 nitrogen and oxygen atoms in total. The molecule has 0 saturated carbocycles. The van der Waals surface area contributed by atoms with Crippen LogP contribution >= 0.6 is 0 Å². The van der Waals surface area contributed by atoms with Crippen molar-refractivity contribution in [2.45, 2.75) is 13.5 Å². The molecule has 0 aliphatic carbocycles. The molecule has 2 aromatic heterocycles. The van der Waals surface area contributed by atoms with Crippen LogP contribution < -0.4 is 5.56 Å². The van der Waals surface area contributed by atoms with Crippen molar-refractivity contribution in [3.8, 4) is 11.3 Å². The smallest absolute Gasteiger partial charge is 0.282 e. The fraction of sp³-hybridized carbons (Fsp3) is 0.0741. The molecule has 0 unspecified atom stereocenters. The summed E-state index contributed by atoms with van der Waals surface area (Å²) >= 11 is 0. The highest BCUT2D eigenvalue weighted by Gasteiger charge is 2.12. The molecule has 0 bridgehead atoms. The maximum Gasteiger partial charge on any atom is 0.282 e. The summed E-state index contributed by atoms with van der Waals surface area (Å²) in [6.07, 6.45) is 3.25. The SMILES string of the molecule is CC(=NOCc1nc2ccccc2c(=O)n1/N=C/c1cn[nH]c1-c1ccccc1)c1ccccc1. The highest BCUT2D eigenvalue weighted by atomic mass is 16.6. The molecule has 0 aliphatic heterocycles. The molecule has 0 radical (unpaired) electrons.